The molecule has 0 saturated carbocycles. The molecule has 7 nitrogen and oxygen atoms in total. The van der Waals surface area contributed by atoms with Crippen molar-refractivity contribution >= 4 is 15.9 Å². The van der Waals surface area contributed by atoms with E-state index in [1.165, 1.54) is 34.8 Å². The van der Waals surface area contributed by atoms with Crippen LogP contribution < -0.4 is 5.32 Å². The van der Waals surface area contributed by atoms with Crippen molar-refractivity contribution in [2.45, 2.75) is 30.3 Å². The standard InChI is InChI=1S/C18H22N2O5S/c21-16(17-4-3-13-25-17)9-10-19-18(22)14-5-7-15(8-6-14)26(23,24)20-11-1-2-12-20/h3-8,13,16,21H,1-2,9-12H2,(H,19,22). The van der Waals surface area contributed by atoms with Crippen LogP contribution in [0.4, 0.5) is 0 Å². The molecule has 2 N–H and O–H groups in total. The number of aliphatic hydroxyl groups is 1. The molecule has 0 spiro atoms. The van der Waals surface area contributed by atoms with Crippen molar-refractivity contribution in [2.75, 3.05) is 19.6 Å². The number of hydrogen-bond donors (Lipinski definition) is 2. The Morgan fingerprint density at radius 1 is 1.19 bits per heavy atom. The molecule has 3 rings (SSSR count). The van der Waals surface area contributed by atoms with E-state index in [-0.39, 0.29) is 17.3 Å². The zero-order valence-corrected chi connectivity index (χ0v) is 15.1. The lowest BCUT2D eigenvalue weighted by Gasteiger charge is -2.15. The number of carbonyl (C=O) groups is 1. The van der Waals surface area contributed by atoms with Gasteiger partial charge in [-0.05, 0) is 55.7 Å². The summed E-state index contributed by atoms with van der Waals surface area (Å²) in [5.74, 6) is 0.137. The van der Waals surface area contributed by atoms with Crippen molar-refractivity contribution in [2.24, 2.45) is 0 Å². The lowest BCUT2D eigenvalue weighted by molar-refractivity contribution is 0.0936. The third kappa shape index (κ3) is 4.14. The van der Waals surface area contributed by atoms with Crippen LogP contribution in [-0.4, -0.2) is 43.4 Å². The van der Waals surface area contributed by atoms with Gasteiger partial charge in [0.25, 0.3) is 5.91 Å². The minimum atomic E-state index is -3.48. The maximum atomic E-state index is 12.5. The summed E-state index contributed by atoms with van der Waals surface area (Å²) in [6, 6.07) is 9.28. The second-order valence-corrected chi connectivity index (χ2v) is 8.15. The molecule has 1 fully saturated rings. The number of carbonyl (C=O) groups excluding carboxylic acids is 1. The maximum absolute atomic E-state index is 12.5. The third-order valence-electron chi connectivity index (χ3n) is 4.39. The maximum Gasteiger partial charge on any atom is 0.251 e. The molecule has 1 saturated heterocycles. The number of furan rings is 1. The molecular weight excluding hydrogens is 356 g/mol. The van der Waals surface area contributed by atoms with Crippen LogP contribution in [0.5, 0.6) is 0 Å². The summed E-state index contributed by atoms with van der Waals surface area (Å²) in [4.78, 5) is 12.4. The normalized spacial score (nSPS) is 16.5. The van der Waals surface area contributed by atoms with Crippen LogP contribution in [0.2, 0.25) is 0 Å². The number of sulfonamides is 1. The Balaban J connectivity index is 1.55. The van der Waals surface area contributed by atoms with Gasteiger partial charge in [0, 0.05) is 25.2 Å². The second kappa shape index (κ2) is 8.03. The molecule has 2 heterocycles. The summed E-state index contributed by atoms with van der Waals surface area (Å²) in [5.41, 5.74) is 0.373. The number of nitrogens with one attached hydrogen (secondary N) is 1. The molecule has 8 heteroatoms. The van der Waals surface area contributed by atoms with Gasteiger partial charge in [-0.15, -0.1) is 0 Å². The van der Waals surface area contributed by atoms with E-state index in [0.29, 0.717) is 30.8 Å². The average Bonchev–Trinajstić information content (AvgIpc) is 3.35. The lowest BCUT2D eigenvalue weighted by Crippen LogP contribution is -2.28. The Bertz CT molecular complexity index is 825. The number of hydrogen-bond acceptors (Lipinski definition) is 5. The highest BCUT2D eigenvalue weighted by Gasteiger charge is 2.27. The largest absolute Gasteiger partial charge is 0.467 e. The Kier molecular flexibility index (Phi) is 5.75. The molecule has 0 bridgehead atoms. The number of nitrogens with zero attached hydrogens (tertiary/aromatic N) is 1. The first-order valence-electron chi connectivity index (χ1n) is 8.58. The zero-order chi connectivity index (χ0) is 18.6. The van der Waals surface area contributed by atoms with E-state index in [0.717, 1.165) is 12.8 Å². The van der Waals surface area contributed by atoms with Crippen LogP contribution in [0.15, 0.2) is 52.0 Å². The van der Waals surface area contributed by atoms with E-state index >= 15 is 0 Å². The predicted molar refractivity (Wildman–Crippen MR) is 95.1 cm³/mol. The second-order valence-electron chi connectivity index (χ2n) is 6.21. The molecular formula is C18H22N2O5S. The highest BCUT2D eigenvalue weighted by Crippen LogP contribution is 2.21. The van der Waals surface area contributed by atoms with Gasteiger partial charge in [-0.25, -0.2) is 8.42 Å². The van der Waals surface area contributed by atoms with Gasteiger partial charge in [0.15, 0.2) is 0 Å². The summed E-state index contributed by atoms with van der Waals surface area (Å²) in [7, 11) is -3.48. The summed E-state index contributed by atoms with van der Waals surface area (Å²) < 4.78 is 31.5. The Hall–Kier alpha value is -2.16. The molecule has 1 unspecified atom stereocenters. The van der Waals surface area contributed by atoms with Crippen molar-refractivity contribution in [3.8, 4) is 0 Å². The van der Waals surface area contributed by atoms with E-state index in [4.69, 9.17) is 4.42 Å². The fourth-order valence-electron chi connectivity index (χ4n) is 2.90. The molecule has 1 aliphatic rings. The molecule has 1 amide bonds. The van der Waals surface area contributed by atoms with Crippen LogP contribution in [0.1, 0.15) is 41.5 Å². The van der Waals surface area contributed by atoms with Crippen LogP contribution in [0, 0.1) is 0 Å². The first kappa shape index (κ1) is 18.6. The monoisotopic (exact) mass is 378 g/mol. The molecule has 0 aliphatic carbocycles. The first-order valence-corrected chi connectivity index (χ1v) is 10.0. The van der Waals surface area contributed by atoms with E-state index in [1.54, 1.807) is 12.1 Å². The van der Waals surface area contributed by atoms with Crippen LogP contribution in [0.3, 0.4) is 0 Å². The van der Waals surface area contributed by atoms with Crippen molar-refractivity contribution in [3.63, 3.8) is 0 Å². The smallest absolute Gasteiger partial charge is 0.251 e. The molecule has 1 aromatic heterocycles. The fourth-order valence-corrected chi connectivity index (χ4v) is 4.42. The predicted octanol–water partition coefficient (Wildman–Crippen LogP) is 1.92. The molecule has 140 valence electrons. The third-order valence-corrected chi connectivity index (χ3v) is 6.31. The van der Waals surface area contributed by atoms with Crippen molar-refractivity contribution in [1.82, 2.24) is 9.62 Å². The Morgan fingerprint density at radius 3 is 2.50 bits per heavy atom. The molecule has 26 heavy (non-hydrogen) atoms. The minimum Gasteiger partial charge on any atom is -0.467 e. The summed E-state index contributed by atoms with van der Waals surface area (Å²) in [6.07, 6.45) is 2.78. The Labute approximate surface area is 152 Å². The van der Waals surface area contributed by atoms with Crippen molar-refractivity contribution in [3.05, 3.63) is 54.0 Å². The van der Waals surface area contributed by atoms with E-state index < -0.39 is 16.1 Å². The molecule has 1 atom stereocenters. The van der Waals surface area contributed by atoms with Gasteiger partial charge in [0.2, 0.25) is 10.0 Å². The number of aliphatic hydroxyl groups excluding tert-OH is 1. The van der Waals surface area contributed by atoms with Gasteiger partial charge >= 0.3 is 0 Å². The number of rotatable bonds is 7. The summed E-state index contributed by atoms with van der Waals surface area (Å²) >= 11 is 0. The summed E-state index contributed by atoms with van der Waals surface area (Å²) in [5, 5.41) is 12.6. The molecule has 1 aromatic carbocycles. The van der Waals surface area contributed by atoms with E-state index in [2.05, 4.69) is 5.32 Å². The van der Waals surface area contributed by atoms with Crippen LogP contribution in [-0.2, 0) is 10.0 Å². The highest BCUT2D eigenvalue weighted by molar-refractivity contribution is 7.89. The van der Waals surface area contributed by atoms with Crippen LogP contribution >= 0.6 is 0 Å². The van der Waals surface area contributed by atoms with Gasteiger partial charge < -0.3 is 14.8 Å². The zero-order valence-electron chi connectivity index (χ0n) is 14.3. The van der Waals surface area contributed by atoms with Gasteiger partial charge in [-0.3, -0.25) is 4.79 Å². The number of amides is 1. The quantitative estimate of drug-likeness (QED) is 0.767. The summed E-state index contributed by atoms with van der Waals surface area (Å²) in [6.45, 7) is 1.36. The number of benzene rings is 1. The highest BCUT2D eigenvalue weighted by atomic mass is 32.2. The minimum absolute atomic E-state index is 0.198. The topological polar surface area (TPSA) is 99.8 Å². The average molecular weight is 378 g/mol. The van der Waals surface area contributed by atoms with Gasteiger partial charge in [-0.1, -0.05) is 0 Å². The van der Waals surface area contributed by atoms with E-state index in [1.807, 2.05) is 0 Å². The SMILES string of the molecule is O=C(NCCC(O)c1ccco1)c1ccc(S(=O)(=O)N2CCCC2)cc1. The van der Waals surface area contributed by atoms with Gasteiger partial charge in [-0.2, -0.15) is 4.31 Å². The fraction of sp³-hybridized carbons (Fsp3) is 0.389. The van der Waals surface area contributed by atoms with Gasteiger partial charge in [0.1, 0.15) is 11.9 Å². The molecule has 0 radical (unpaired) electrons. The van der Waals surface area contributed by atoms with Crippen molar-refractivity contribution in [1.29, 1.82) is 0 Å². The lowest BCUT2D eigenvalue weighted by atomic mass is 10.2. The molecule has 1 aliphatic heterocycles. The van der Waals surface area contributed by atoms with Crippen LogP contribution in [0.25, 0.3) is 0 Å². The van der Waals surface area contributed by atoms with E-state index in [9.17, 15) is 18.3 Å². The van der Waals surface area contributed by atoms with Gasteiger partial charge in [0.05, 0.1) is 11.2 Å². The first-order chi connectivity index (χ1) is 12.5. The Morgan fingerprint density at radius 2 is 1.88 bits per heavy atom. The van der Waals surface area contributed by atoms with Crippen molar-refractivity contribution < 1.29 is 22.7 Å². The molecule has 2 aromatic rings.